The summed E-state index contributed by atoms with van der Waals surface area (Å²) in [6.45, 7) is 5.43. The van der Waals surface area contributed by atoms with Gasteiger partial charge in [0.1, 0.15) is 0 Å². The Labute approximate surface area is 111 Å². The minimum absolute atomic E-state index is 0.0296. The third kappa shape index (κ3) is 3.13. The number of carbonyl (C=O) groups excluding carboxylic acids is 1. The molecule has 2 heterocycles. The van der Waals surface area contributed by atoms with E-state index in [4.69, 9.17) is 5.11 Å². The van der Waals surface area contributed by atoms with E-state index in [0.717, 1.165) is 18.7 Å². The second-order valence-electron chi connectivity index (χ2n) is 5.44. The van der Waals surface area contributed by atoms with Crippen LogP contribution < -0.4 is 0 Å². The van der Waals surface area contributed by atoms with Crippen LogP contribution in [-0.4, -0.2) is 45.2 Å². The summed E-state index contributed by atoms with van der Waals surface area (Å²) in [7, 11) is 0. The Bertz CT molecular complexity index is 481. The molecule has 2 rings (SSSR count). The van der Waals surface area contributed by atoms with Crippen LogP contribution in [0.25, 0.3) is 0 Å². The van der Waals surface area contributed by atoms with Crippen LogP contribution in [0.3, 0.4) is 0 Å². The highest BCUT2D eigenvalue weighted by Crippen LogP contribution is 2.27. The molecule has 1 amide bonds. The van der Waals surface area contributed by atoms with Gasteiger partial charge in [-0.15, -0.1) is 0 Å². The fourth-order valence-electron chi connectivity index (χ4n) is 2.37. The molecule has 1 aliphatic heterocycles. The Morgan fingerprint density at radius 1 is 1.58 bits per heavy atom. The lowest BCUT2D eigenvalue weighted by atomic mass is 10.1. The maximum Gasteiger partial charge on any atom is 0.356 e. The molecule has 6 heteroatoms. The third-order valence-electron chi connectivity index (χ3n) is 3.38. The molecule has 1 saturated heterocycles. The van der Waals surface area contributed by atoms with E-state index < -0.39 is 5.97 Å². The molecule has 0 spiro atoms. The Balaban J connectivity index is 1.97. The average molecular weight is 265 g/mol. The van der Waals surface area contributed by atoms with Crippen molar-refractivity contribution in [2.45, 2.75) is 32.6 Å². The fraction of sp³-hybridized carbons (Fsp3) is 0.615. The van der Waals surface area contributed by atoms with E-state index >= 15 is 0 Å². The lowest BCUT2D eigenvalue weighted by Crippen LogP contribution is -2.29. The van der Waals surface area contributed by atoms with Gasteiger partial charge in [0.15, 0.2) is 5.69 Å². The Morgan fingerprint density at radius 3 is 2.89 bits per heavy atom. The van der Waals surface area contributed by atoms with E-state index in [1.54, 1.807) is 6.07 Å². The molecule has 104 valence electrons. The number of carboxylic acids is 1. The van der Waals surface area contributed by atoms with Crippen molar-refractivity contribution in [1.29, 1.82) is 0 Å². The van der Waals surface area contributed by atoms with Gasteiger partial charge in [0.05, 0.1) is 0 Å². The lowest BCUT2D eigenvalue weighted by Gasteiger charge is -2.17. The van der Waals surface area contributed by atoms with Gasteiger partial charge >= 0.3 is 5.97 Å². The molecule has 0 radical (unpaired) electrons. The summed E-state index contributed by atoms with van der Waals surface area (Å²) >= 11 is 0. The molecule has 1 aromatic heterocycles. The Hall–Kier alpha value is -1.85. The minimum atomic E-state index is -1.03. The van der Waals surface area contributed by atoms with E-state index in [1.165, 1.54) is 0 Å². The first-order chi connectivity index (χ1) is 8.97. The zero-order valence-electron chi connectivity index (χ0n) is 11.2. The summed E-state index contributed by atoms with van der Waals surface area (Å²) in [4.78, 5) is 24.6. The quantitative estimate of drug-likeness (QED) is 0.863. The highest BCUT2D eigenvalue weighted by Gasteiger charge is 2.29. The zero-order valence-corrected chi connectivity index (χ0v) is 11.2. The van der Waals surface area contributed by atoms with Crippen LogP contribution in [-0.2, 0) is 4.79 Å². The number of aromatic nitrogens is 2. The van der Waals surface area contributed by atoms with Gasteiger partial charge in [0, 0.05) is 31.1 Å². The van der Waals surface area contributed by atoms with Crippen molar-refractivity contribution in [3.05, 3.63) is 17.5 Å². The number of amides is 1. The number of hydrogen-bond acceptors (Lipinski definition) is 3. The van der Waals surface area contributed by atoms with Crippen molar-refractivity contribution in [3.63, 3.8) is 0 Å². The second kappa shape index (κ2) is 5.42. The summed E-state index contributed by atoms with van der Waals surface area (Å²) in [5.41, 5.74) is 0.833. The first kappa shape index (κ1) is 13.6. The van der Waals surface area contributed by atoms with Crippen LogP contribution >= 0.6 is 0 Å². The van der Waals surface area contributed by atoms with Crippen LogP contribution in [0.5, 0.6) is 0 Å². The van der Waals surface area contributed by atoms with E-state index in [0.29, 0.717) is 18.9 Å². The highest BCUT2D eigenvalue weighted by atomic mass is 16.4. The van der Waals surface area contributed by atoms with Gasteiger partial charge in [0.25, 0.3) is 0 Å². The summed E-state index contributed by atoms with van der Waals surface area (Å²) in [6, 6.07) is 1.56. The number of rotatable bonds is 4. The topological polar surface area (TPSA) is 86.3 Å². The van der Waals surface area contributed by atoms with Gasteiger partial charge in [0.2, 0.25) is 5.91 Å². The molecule has 19 heavy (non-hydrogen) atoms. The standard InChI is InChI=1S/C13H19N3O3/c1-8(2)5-12(17)16-4-3-9(7-16)10-6-11(13(18)19)15-14-10/h6,8-9H,3-5,7H2,1-2H3,(H,14,15)(H,18,19). The van der Waals surface area contributed by atoms with Gasteiger partial charge in [-0.1, -0.05) is 13.8 Å². The number of carboxylic acid groups (broad SMARTS) is 1. The van der Waals surface area contributed by atoms with Crippen molar-refractivity contribution < 1.29 is 14.7 Å². The minimum Gasteiger partial charge on any atom is -0.476 e. The normalized spacial score (nSPS) is 19.1. The third-order valence-corrected chi connectivity index (χ3v) is 3.38. The van der Waals surface area contributed by atoms with Gasteiger partial charge in [-0.2, -0.15) is 5.10 Å². The monoisotopic (exact) mass is 265 g/mol. The van der Waals surface area contributed by atoms with Gasteiger partial charge in [-0.05, 0) is 18.4 Å². The lowest BCUT2D eigenvalue weighted by molar-refractivity contribution is -0.130. The molecule has 1 aromatic rings. The van der Waals surface area contributed by atoms with Crippen molar-refractivity contribution in [3.8, 4) is 0 Å². The van der Waals surface area contributed by atoms with Crippen LogP contribution in [0, 0.1) is 5.92 Å². The number of hydrogen-bond donors (Lipinski definition) is 2. The zero-order chi connectivity index (χ0) is 14.0. The molecule has 1 fully saturated rings. The van der Waals surface area contributed by atoms with E-state index in [-0.39, 0.29) is 17.5 Å². The van der Waals surface area contributed by atoms with E-state index in [1.807, 2.05) is 18.7 Å². The predicted molar refractivity (Wildman–Crippen MR) is 68.9 cm³/mol. The van der Waals surface area contributed by atoms with Crippen molar-refractivity contribution in [1.82, 2.24) is 15.1 Å². The summed E-state index contributed by atoms with van der Waals surface area (Å²) in [6.07, 6.45) is 1.42. The number of likely N-dealkylation sites (tertiary alicyclic amines) is 1. The number of carbonyl (C=O) groups is 2. The largest absolute Gasteiger partial charge is 0.476 e. The van der Waals surface area contributed by atoms with Gasteiger partial charge < -0.3 is 10.0 Å². The predicted octanol–water partition coefficient (Wildman–Crippen LogP) is 1.47. The van der Waals surface area contributed by atoms with Gasteiger partial charge in [-0.3, -0.25) is 9.89 Å². The first-order valence-electron chi connectivity index (χ1n) is 6.53. The second-order valence-corrected chi connectivity index (χ2v) is 5.44. The van der Waals surface area contributed by atoms with E-state index in [9.17, 15) is 9.59 Å². The molecular weight excluding hydrogens is 246 g/mol. The average Bonchev–Trinajstić information content (AvgIpc) is 2.97. The van der Waals surface area contributed by atoms with Crippen molar-refractivity contribution in [2.75, 3.05) is 13.1 Å². The highest BCUT2D eigenvalue weighted by molar-refractivity contribution is 5.85. The smallest absolute Gasteiger partial charge is 0.356 e. The summed E-state index contributed by atoms with van der Waals surface area (Å²) in [5.74, 6) is -0.335. The van der Waals surface area contributed by atoms with Crippen LogP contribution in [0.1, 0.15) is 48.8 Å². The van der Waals surface area contributed by atoms with Crippen molar-refractivity contribution in [2.24, 2.45) is 5.92 Å². The van der Waals surface area contributed by atoms with Crippen LogP contribution in [0.4, 0.5) is 0 Å². The summed E-state index contributed by atoms with van der Waals surface area (Å²) < 4.78 is 0. The molecule has 0 aliphatic carbocycles. The molecule has 1 aliphatic rings. The molecular formula is C13H19N3O3. The first-order valence-corrected chi connectivity index (χ1v) is 6.53. The molecule has 1 atom stereocenters. The maximum atomic E-state index is 12.0. The number of aromatic carboxylic acids is 1. The molecule has 6 nitrogen and oxygen atoms in total. The SMILES string of the molecule is CC(C)CC(=O)N1CCC(c2cc(C(=O)O)n[nH]2)C1. The summed E-state index contributed by atoms with van der Waals surface area (Å²) in [5, 5.41) is 15.3. The van der Waals surface area contributed by atoms with Crippen molar-refractivity contribution >= 4 is 11.9 Å². The van der Waals surface area contributed by atoms with E-state index in [2.05, 4.69) is 10.2 Å². The molecule has 2 N–H and O–H groups in total. The van der Waals surface area contributed by atoms with Crippen LogP contribution in [0.2, 0.25) is 0 Å². The molecule has 0 bridgehead atoms. The number of H-pyrrole nitrogens is 1. The Morgan fingerprint density at radius 2 is 2.32 bits per heavy atom. The molecule has 1 unspecified atom stereocenters. The number of aromatic amines is 1. The molecule has 0 aromatic carbocycles. The maximum absolute atomic E-state index is 12.0. The van der Waals surface area contributed by atoms with Crippen LogP contribution in [0.15, 0.2) is 6.07 Å². The fourth-order valence-corrected chi connectivity index (χ4v) is 2.37. The van der Waals surface area contributed by atoms with Gasteiger partial charge in [-0.25, -0.2) is 4.79 Å². The molecule has 0 saturated carbocycles. The number of nitrogens with zero attached hydrogens (tertiary/aromatic N) is 2. The number of nitrogens with one attached hydrogen (secondary N) is 1. The Kier molecular flexibility index (Phi) is 3.87.